The molecule has 0 saturated carbocycles. The Morgan fingerprint density at radius 3 is 2.50 bits per heavy atom. The Morgan fingerprint density at radius 2 is 2.17 bits per heavy atom. The molecular weight excluding hydrogens is 158 g/mol. The van der Waals surface area contributed by atoms with Crippen molar-refractivity contribution in [2.75, 3.05) is 20.3 Å². The fraction of sp³-hybridized carbons (Fsp3) is 0.875. The van der Waals surface area contributed by atoms with Crippen molar-refractivity contribution < 1.29 is 14.6 Å². The third-order valence-corrected chi connectivity index (χ3v) is 1.62. The lowest BCUT2D eigenvalue weighted by atomic mass is 10.1. The molecule has 0 spiro atoms. The molecule has 0 radical (unpaired) electrons. The van der Waals surface area contributed by atoms with Crippen LogP contribution in [-0.4, -0.2) is 37.4 Å². The highest BCUT2D eigenvalue weighted by Gasteiger charge is 2.14. The van der Waals surface area contributed by atoms with E-state index in [0.717, 1.165) is 0 Å². The van der Waals surface area contributed by atoms with Gasteiger partial charge in [-0.1, -0.05) is 13.8 Å². The number of carbonyl (C=O) groups excluding carboxylic acids is 1. The quantitative estimate of drug-likeness (QED) is 0.606. The number of rotatable bonds is 5. The van der Waals surface area contributed by atoms with Gasteiger partial charge in [-0.3, -0.25) is 4.79 Å². The third-order valence-electron chi connectivity index (χ3n) is 1.62. The van der Waals surface area contributed by atoms with Gasteiger partial charge in [0, 0.05) is 7.11 Å². The van der Waals surface area contributed by atoms with Gasteiger partial charge in [0.1, 0.15) is 6.61 Å². The first-order valence-corrected chi connectivity index (χ1v) is 4.01. The van der Waals surface area contributed by atoms with Gasteiger partial charge in [-0.05, 0) is 5.92 Å². The number of nitrogens with one attached hydrogen (secondary N) is 1. The number of aliphatic hydroxyl groups is 1. The Hall–Kier alpha value is -0.610. The van der Waals surface area contributed by atoms with Crippen molar-refractivity contribution in [2.24, 2.45) is 5.92 Å². The molecule has 0 rings (SSSR count). The van der Waals surface area contributed by atoms with Gasteiger partial charge < -0.3 is 15.2 Å². The van der Waals surface area contributed by atoms with Crippen molar-refractivity contribution in [1.29, 1.82) is 0 Å². The summed E-state index contributed by atoms with van der Waals surface area (Å²) in [4.78, 5) is 11.0. The van der Waals surface area contributed by atoms with E-state index >= 15 is 0 Å². The molecule has 1 atom stereocenters. The summed E-state index contributed by atoms with van der Waals surface area (Å²) in [7, 11) is 1.46. The topological polar surface area (TPSA) is 58.6 Å². The Bertz CT molecular complexity index is 136. The lowest BCUT2D eigenvalue weighted by molar-refractivity contribution is -0.126. The van der Waals surface area contributed by atoms with Crippen molar-refractivity contribution in [1.82, 2.24) is 5.32 Å². The van der Waals surface area contributed by atoms with Gasteiger partial charge >= 0.3 is 0 Å². The second-order valence-corrected chi connectivity index (χ2v) is 3.03. The number of methoxy groups -OCH3 is 1. The molecule has 1 amide bonds. The molecule has 0 fully saturated rings. The second kappa shape index (κ2) is 5.97. The van der Waals surface area contributed by atoms with Gasteiger partial charge in [0.25, 0.3) is 0 Å². The molecule has 0 bridgehead atoms. The van der Waals surface area contributed by atoms with E-state index in [1.54, 1.807) is 0 Å². The predicted octanol–water partition coefficient (Wildman–Crippen LogP) is -0.234. The molecule has 0 saturated heterocycles. The highest BCUT2D eigenvalue weighted by molar-refractivity contribution is 5.77. The maximum absolute atomic E-state index is 11.0. The van der Waals surface area contributed by atoms with Crippen molar-refractivity contribution in [3.05, 3.63) is 0 Å². The number of hydrogen-bond donors (Lipinski definition) is 2. The van der Waals surface area contributed by atoms with Crippen LogP contribution in [0.15, 0.2) is 0 Å². The third kappa shape index (κ3) is 4.31. The Morgan fingerprint density at radius 1 is 1.58 bits per heavy atom. The fourth-order valence-electron chi connectivity index (χ4n) is 0.803. The van der Waals surface area contributed by atoms with E-state index in [2.05, 4.69) is 10.1 Å². The summed E-state index contributed by atoms with van der Waals surface area (Å²) in [5.41, 5.74) is 0. The van der Waals surface area contributed by atoms with Gasteiger partial charge in [-0.15, -0.1) is 0 Å². The summed E-state index contributed by atoms with van der Waals surface area (Å²) in [6.45, 7) is 3.89. The second-order valence-electron chi connectivity index (χ2n) is 3.03. The van der Waals surface area contributed by atoms with Gasteiger partial charge in [0.15, 0.2) is 0 Å². The van der Waals surface area contributed by atoms with E-state index in [4.69, 9.17) is 5.11 Å². The van der Waals surface area contributed by atoms with Crippen LogP contribution in [0.2, 0.25) is 0 Å². The van der Waals surface area contributed by atoms with Crippen LogP contribution in [0.4, 0.5) is 0 Å². The number of hydrogen-bond acceptors (Lipinski definition) is 3. The van der Waals surface area contributed by atoms with E-state index in [-0.39, 0.29) is 31.1 Å². The van der Waals surface area contributed by atoms with Crippen LogP contribution in [0.3, 0.4) is 0 Å². The van der Waals surface area contributed by atoms with Crippen LogP contribution in [-0.2, 0) is 9.53 Å². The van der Waals surface area contributed by atoms with Gasteiger partial charge in [0.05, 0.1) is 12.6 Å². The standard InChI is InChI=1S/C8H17NO3/c1-6(2)7(4-10)9-8(11)5-12-3/h6-7,10H,4-5H2,1-3H3,(H,9,11)/t7-/m1/s1. The highest BCUT2D eigenvalue weighted by Crippen LogP contribution is 1.99. The smallest absolute Gasteiger partial charge is 0.246 e. The molecule has 0 unspecified atom stereocenters. The van der Waals surface area contributed by atoms with Gasteiger partial charge in [0.2, 0.25) is 5.91 Å². The number of ether oxygens (including phenoxy) is 1. The zero-order valence-electron chi connectivity index (χ0n) is 7.83. The van der Waals surface area contributed by atoms with Crippen LogP contribution in [0.5, 0.6) is 0 Å². The summed E-state index contributed by atoms with van der Waals surface area (Å²) >= 11 is 0. The average molecular weight is 175 g/mol. The molecule has 4 heteroatoms. The first-order valence-electron chi connectivity index (χ1n) is 4.01. The van der Waals surface area contributed by atoms with E-state index in [1.165, 1.54) is 7.11 Å². The largest absolute Gasteiger partial charge is 0.394 e. The van der Waals surface area contributed by atoms with Gasteiger partial charge in [-0.25, -0.2) is 0 Å². The van der Waals surface area contributed by atoms with Crippen LogP contribution >= 0.6 is 0 Å². The summed E-state index contributed by atoms with van der Waals surface area (Å²) in [6, 6.07) is -0.173. The minimum Gasteiger partial charge on any atom is -0.394 e. The molecule has 4 nitrogen and oxygen atoms in total. The SMILES string of the molecule is COCC(=O)N[C@H](CO)C(C)C. The zero-order valence-corrected chi connectivity index (χ0v) is 7.83. The zero-order chi connectivity index (χ0) is 9.56. The van der Waals surface area contributed by atoms with Crippen molar-refractivity contribution in [3.63, 3.8) is 0 Å². The van der Waals surface area contributed by atoms with E-state index in [0.29, 0.717) is 0 Å². The Kier molecular flexibility index (Phi) is 5.66. The van der Waals surface area contributed by atoms with Crippen molar-refractivity contribution in [2.45, 2.75) is 19.9 Å². The maximum Gasteiger partial charge on any atom is 0.246 e. The molecular formula is C8H17NO3. The summed E-state index contributed by atoms with van der Waals surface area (Å²) in [5, 5.41) is 11.5. The molecule has 2 N–H and O–H groups in total. The Labute approximate surface area is 72.9 Å². The van der Waals surface area contributed by atoms with Crippen LogP contribution in [0.1, 0.15) is 13.8 Å². The average Bonchev–Trinajstić information content (AvgIpc) is 2.00. The molecule has 0 aliphatic heterocycles. The summed E-state index contributed by atoms with van der Waals surface area (Å²) in [5.74, 6) is 0.0426. The molecule has 72 valence electrons. The normalized spacial score (nSPS) is 13.1. The van der Waals surface area contributed by atoms with Gasteiger partial charge in [-0.2, -0.15) is 0 Å². The molecule has 12 heavy (non-hydrogen) atoms. The van der Waals surface area contributed by atoms with Crippen molar-refractivity contribution >= 4 is 5.91 Å². The number of aliphatic hydroxyl groups excluding tert-OH is 1. The molecule has 0 aliphatic carbocycles. The lowest BCUT2D eigenvalue weighted by Crippen LogP contribution is -2.42. The van der Waals surface area contributed by atoms with E-state index in [9.17, 15) is 4.79 Å². The minimum absolute atomic E-state index is 0.0346. The van der Waals surface area contributed by atoms with Crippen LogP contribution in [0, 0.1) is 5.92 Å². The molecule has 0 aromatic carbocycles. The van der Waals surface area contributed by atoms with Crippen LogP contribution < -0.4 is 5.32 Å². The highest BCUT2D eigenvalue weighted by atomic mass is 16.5. The molecule has 0 aromatic heterocycles. The molecule has 0 aromatic rings. The first kappa shape index (κ1) is 11.4. The number of amides is 1. The van der Waals surface area contributed by atoms with E-state index < -0.39 is 0 Å². The summed E-state index contributed by atoms with van der Waals surface area (Å²) in [6.07, 6.45) is 0. The van der Waals surface area contributed by atoms with E-state index in [1.807, 2.05) is 13.8 Å². The Balaban J connectivity index is 3.77. The van der Waals surface area contributed by atoms with Crippen molar-refractivity contribution in [3.8, 4) is 0 Å². The lowest BCUT2D eigenvalue weighted by Gasteiger charge is -2.19. The summed E-state index contributed by atoms with van der Waals surface area (Å²) < 4.78 is 4.64. The maximum atomic E-state index is 11.0. The minimum atomic E-state index is -0.190. The first-order chi connectivity index (χ1) is 5.61. The number of carbonyl (C=O) groups is 1. The molecule has 0 heterocycles. The monoisotopic (exact) mass is 175 g/mol. The molecule has 0 aliphatic rings. The predicted molar refractivity (Wildman–Crippen MR) is 45.7 cm³/mol. The fourth-order valence-corrected chi connectivity index (χ4v) is 0.803. The van der Waals surface area contributed by atoms with Crippen LogP contribution in [0.25, 0.3) is 0 Å².